The van der Waals surface area contributed by atoms with Gasteiger partial charge in [-0.15, -0.1) is 0 Å². The highest BCUT2D eigenvalue weighted by Crippen LogP contribution is 2.26. The van der Waals surface area contributed by atoms with E-state index in [1.165, 1.54) is 0 Å². The standard InChI is InChI=1S/C19H14N2O2/c20-12-14-6-8-16(9-7-14)18-17(10-11-21-19(18)22)23-13-15-4-2-1-3-5-15/h1-11H,13H2,(H,21,22). The second kappa shape index (κ2) is 6.63. The molecule has 0 aliphatic heterocycles. The molecular weight excluding hydrogens is 288 g/mol. The Morgan fingerprint density at radius 3 is 2.43 bits per heavy atom. The first-order chi connectivity index (χ1) is 11.3. The van der Waals surface area contributed by atoms with Crippen molar-refractivity contribution >= 4 is 0 Å². The summed E-state index contributed by atoms with van der Waals surface area (Å²) < 4.78 is 5.83. The van der Waals surface area contributed by atoms with Gasteiger partial charge in [0.05, 0.1) is 17.2 Å². The van der Waals surface area contributed by atoms with E-state index in [1.807, 2.05) is 30.3 Å². The highest BCUT2D eigenvalue weighted by Gasteiger charge is 2.11. The van der Waals surface area contributed by atoms with Crippen LogP contribution >= 0.6 is 0 Å². The first-order valence-electron chi connectivity index (χ1n) is 7.17. The summed E-state index contributed by atoms with van der Waals surface area (Å²) in [4.78, 5) is 14.9. The van der Waals surface area contributed by atoms with Crippen molar-refractivity contribution in [2.45, 2.75) is 6.61 Å². The molecule has 0 atom stereocenters. The van der Waals surface area contributed by atoms with E-state index in [-0.39, 0.29) is 5.56 Å². The highest BCUT2D eigenvalue weighted by molar-refractivity contribution is 5.69. The zero-order valence-electron chi connectivity index (χ0n) is 12.3. The number of ether oxygens (including phenoxy) is 1. The summed E-state index contributed by atoms with van der Waals surface area (Å²) in [6.07, 6.45) is 1.57. The number of H-pyrrole nitrogens is 1. The molecule has 4 heteroatoms. The van der Waals surface area contributed by atoms with Crippen molar-refractivity contribution in [1.82, 2.24) is 4.98 Å². The number of nitriles is 1. The second-order valence-corrected chi connectivity index (χ2v) is 5.01. The number of aromatic nitrogens is 1. The fraction of sp³-hybridized carbons (Fsp3) is 0.0526. The molecule has 1 aromatic heterocycles. The van der Waals surface area contributed by atoms with Crippen molar-refractivity contribution in [3.63, 3.8) is 0 Å². The zero-order valence-corrected chi connectivity index (χ0v) is 12.3. The molecule has 1 N–H and O–H groups in total. The van der Waals surface area contributed by atoms with Crippen LogP contribution in [0.4, 0.5) is 0 Å². The normalized spacial score (nSPS) is 10.0. The Hall–Kier alpha value is -3.32. The van der Waals surface area contributed by atoms with Crippen LogP contribution in [0.5, 0.6) is 5.75 Å². The van der Waals surface area contributed by atoms with Gasteiger partial charge in [-0.25, -0.2) is 0 Å². The largest absolute Gasteiger partial charge is 0.488 e. The number of nitrogens with zero attached hydrogens (tertiary/aromatic N) is 1. The van der Waals surface area contributed by atoms with Gasteiger partial charge >= 0.3 is 0 Å². The molecule has 0 unspecified atom stereocenters. The van der Waals surface area contributed by atoms with Crippen LogP contribution in [0.2, 0.25) is 0 Å². The van der Waals surface area contributed by atoms with Crippen molar-refractivity contribution < 1.29 is 4.74 Å². The van der Waals surface area contributed by atoms with Gasteiger partial charge in [-0.05, 0) is 29.3 Å². The lowest BCUT2D eigenvalue weighted by molar-refractivity contribution is 0.307. The molecule has 0 radical (unpaired) electrons. The van der Waals surface area contributed by atoms with Crippen LogP contribution in [0.15, 0.2) is 71.7 Å². The molecule has 0 saturated heterocycles. The Labute approximate surface area is 133 Å². The van der Waals surface area contributed by atoms with Gasteiger partial charge in [0.2, 0.25) is 0 Å². The molecule has 1 heterocycles. The molecule has 3 aromatic rings. The first-order valence-corrected chi connectivity index (χ1v) is 7.17. The Morgan fingerprint density at radius 2 is 1.74 bits per heavy atom. The van der Waals surface area contributed by atoms with E-state index in [0.717, 1.165) is 5.56 Å². The number of rotatable bonds is 4. The number of hydrogen-bond donors (Lipinski definition) is 1. The highest BCUT2D eigenvalue weighted by atomic mass is 16.5. The average molecular weight is 302 g/mol. The van der Waals surface area contributed by atoms with Gasteiger partial charge < -0.3 is 9.72 Å². The molecule has 0 fully saturated rings. The summed E-state index contributed by atoms with van der Waals surface area (Å²) >= 11 is 0. The molecule has 0 spiro atoms. The smallest absolute Gasteiger partial charge is 0.259 e. The molecule has 2 aromatic carbocycles. The topological polar surface area (TPSA) is 65.9 Å². The molecule has 3 rings (SSSR count). The maximum absolute atomic E-state index is 12.2. The Balaban J connectivity index is 1.93. The minimum Gasteiger partial charge on any atom is -0.488 e. The summed E-state index contributed by atoms with van der Waals surface area (Å²) in [5, 5.41) is 8.88. The molecule has 23 heavy (non-hydrogen) atoms. The summed E-state index contributed by atoms with van der Waals surface area (Å²) in [5.41, 5.74) is 2.54. The SMILES string of the molecule is N#Cc1ccc(-c2c(OCc3ccccc3)cc[nH]c2=O)cc1. The maximum Gasteiger partial charge on any atom is 0.259 e. The van der Waals surface area contributed by atoms with Crippen molar-refractivity contribution in [3.05, 3.63) is 88.3 Å². The minimum atomic E-state index is -0.222. The van der Waals surface area contributed by atoms with E-state index in [0.29, 0.717) is 29.0 Å². The van der Waals surface area contributed by atoms with E-state index in [9.17, 15) is 4.79 Å². The fourth-order valence-corrected chi connectivity index (χ4v) is 2.30. The first kappa shape index (κ1) is 14.6. The lowest BCUT2D eigenvalue weighted by Crippen LogP contribution is -2.10. The van der Waals surface area contributed by atoms with E-state index < -0.39 is 0 Å². The van der Waals surface area contributed by atoms with Crippen LogP contribution < -0.4 is 10.3 Å². The molecule has 112 valence electrons. The van der Waals surface area contributed by atoms with Crippen LogP contribution in [0.1, 0.15) is 11.1 Å². The second-order valence-electron chi connectivity index (χ2n) is 5.01. The van der Waals surface area contributed by atoms with Crippen molar-refractivity contribution in [2.75, 3.05) is 0 Å². The Kier molecular flexibility index (Phi) is 4.21. The number of benzene rings is 2. The molecule has 0 amide bonds. The Bertz CT molecular complexity index is 891. The summed E-state index contributed by atoms with van der Waals surface area (Å²) in [6, 6.07) is 20.4. The quantitative estimate of drug-likeness (QED) is 0.802. The maximum atomic E-state index is 12.2. The van der Waals surface area contributed by atoms with Gasteiger partial charge in [0.25, 0.3) is 5.56 Å². The predicted molar refractivity (Wildman–Crippen MR) is 88.0 cm³/mol. The average Bonchev–Trinajstić information content (AvgIpc) is 2.61. The summed E-state index contributed by atoms with van der Waals surface area (Å²) in [7, 11) is 0. The molecular formula is C19H14N2O2. The van der Waals surface area contributed by atoms with Crippen molar-refractivity contribution in [2.24, 2.45) is 0 Å². The lowest BCUT2D eigenvalue weighted by Gasteiger charge is -2.11. The number of nitrogens with one attached hydrogen (secondary N) is 1. The fourth-order valence-electron chi connectivity index (χ4n) is 2.30. The van der Waals surface area contributed by atoms with Gasteiger partial charge in [-0.3, -0.25) is 4.79 Å². The van der Waals surface area contributed by atoms with Crippen molar-refractivity contribution in [1.29, 1.82) is 5.26 Å². The molecule has 0 bridgehead atoms. The third-order valence-electron chi connectivity index (χ3n) is 3.46. The summed E-state index contributed by atoms with van der Waals surface area (Å²) in [6.45, 7) is 0.383. The van der Waals surface area contributed by atoms with Crippen LogP contribution in [0.3, 0.4) is 0 Å². The van der Waals surface area contributed by atoms with Crippen LogP contribution in [0.25, 0.3) is 11.1 Å². The molecule has 4 nitrogen and oxygen atoms in total. The van der Waals surface area contributed by atoms with Crippen LogP contribution in [0, 0.1) is 11.3 Å². The van der Waals surface area contributed by atoms with Crippen molar-refractivity contribution in [3.8, 4) is 22.9 Å². The minimum absolute atomic E-state index is 0.222. The molecule has 0 aliphatic carbocycles. The van der Waals surface area contributed by atoms with Crippen LogP contribution in [-0.4, -0.2) is 4.98 Å². The molecule has 0 saturated carbocycles. The van der Waals surface area contributed by atoms with Gasteiger partial charge in [-0.2, -0.15) is 5.26 Å². The van der Waals surface area contributed by atoms with Crippen LogP contribution in [-0.2, 0) is 6.61 Å². The van der Waals surface area contributed by atoms with Gasteiger partial charge in [0.1, 0.15) is 12.4 Å². The zero-order chi connectivity index (χ0) is 16.1. The third-order valence-corrected chi connectivity index (χ3v) is 3.46. The lowest BCUT2D eigenvalue weighted by atomic mass is 10.0. The van der Waals surface area contributed by atoms with E-state index >= 15 is 0 Å². The third kappa shape index (κ3) is 3.30. The predicted octanol–water partition coefficient (Wildman–Crippen LogP) is 3.49. The van der Waals surface area contributed by atoms with Gasteiger partial charge in [0.15, 0.2) is 0 Å². The summed E-state index contributed by atoms with van der Waals surface area (Å²) in [5.74, 6) is 0.516. The molecule has 0 aliphatic rings. The van der Waals surface area contributed by atoms with E-state index in [2.05, 4.69) is 11.1 Å². The monoisotopic (exact) mass is 302 g/mol. The van der Waals surface area contributed by atoms with E-state index in [1.54, 1.807) is 36.5 Å². The number of aromatic amines is 1. The Morgan fingerprint density at radius 1 is 1.00 bits per heavy atom. The van der Waals surface area contributed by atoms with Gasteiger partial charge in [0, 0.05) is 6.20 Å². The number of hydrogen-bond acceptors (Lipinski definition) is 3. The van der Waals surface area contributed by atoms with Gasteiger partial charge in [-0.1, -0.05) is 42.5 Å². The number of pyridine rings is 1. The van der Waals surface area contributed by atoms with E-state index in [4.69, 9.17) is 10.00 Å².